The third-order valence-corrected chi connectivity index (χ3v) is 4.09. The number of alkyl halides is 1. The second-order valence-corrected chi connectivity index (χ2v) is 5.24. The van der Waals surface area contributed by atoms with E-state index in [0.717, 1.165) is 0 Å². The average Bonchev–Trinajstić information content (AvgIpc) is 2.77. The van der Waals surface area contributed by atoms with Crippen molar-refractivity contribution in [3.8, 4) is 0 Å². The van der Waals surface area contributed by atoms with Crippen molar-refractivity contribution in [1.82, 2.24) is 5.32 Å². The van der Waals surface area contributed by atoms with Gasteiger partial charge in [-0.15, -0.1) is 0 Å². The lowest BCUT2D eigenvalue weighted by Crippen LogP contribution is -2.59. The van der Waals surface area contributed by atoms with Crippen molar-refractivity contribution in [1.29, 1.82) is 0 Å². The van der Waals surface area contributed by atoms with Crippen LogP contribution in [0.5, 0.6) is 0 Å². The smallest absolute Gasteiger partial charge is 0.329 e. The lowest BCUT2D eigenvalue weighted by Gasteiger charge is -2.29. The van der Waals surface area contributed by atoms with E-state index in [1.807, 2.05) is 6.92 Å². The van der Waals surface area contributed by atoms with E-state index in [-0.39, 0.29) is 24.2 Å². The Morgan fingerprint density at radius 2 is 2.18 bits per heavy atom. The first-order valence-corrected chi connectivity index (χ1v) is 5.76. The molecule has 2 aliphatic carbocycles. The van der Waals surface area contributed by atoms with Crippen molar-refractivity contribution in [3.05, 3.63) is 0 Å². The Bertz CT molecular complexity index is 374. The average molecular weight is 244 g/mol. The summed E-state index contributed by atoms with van der Waals surface area (Å²) in [7, 11) is 0. The van der Waals surface area contributed by atoms with Crippen LogP contribution in [-0.2, 0) is 9.59 Å². The van der Waals surface area contributed by atoms with E-state index in [1.165, 1.54) is 6.92 Å². The van der Waals surface area contributed by atoms with Gasteiger partial charge in [-0.25, -0.2) is 9.18 Å². The van der Waals surface area contributed by atoms with Gasteiger partial charge in [0, 0.05) is 12.3 Å². The summed E-state index contributed by atoms with van der Waals surface area (Å²) in [5, 5.41) is 11.7. The number of halogens is 1. The SMILES string of the molecule is C[C@H]1[C@H]2[C@@H]1[C@](NC(=O)[C@H](C)N)(C(=O)O)C[C@H]2F. The lowest BCUT2D eigenvalue weighted by molar-refractivity contribution is -0.149. The molecule has 0 aromatic carbocycles. The molecule has 96 valence electrons. The van der Waals surface area contributed by atoms with Crippen molar-refractivity contribution >= 4 is 11.9 Å². The Morgan fingerprint density at radius 1 is 1.59 bits per heavy atom. The third kappa shape index (κ3) is 1.62. The van der Waals surface area contributed by atoms with E-state index in [1.54, 1.807) is 0 Å². The van der Waals surface area contributed by atoms with Crippen molar-refractivity contribution in [3.63, 3.8) is 0 Å². The first kappa shape index (κ1) is 12.3. The Hall–Kier alpha value is -1.17. The Kier molecular flexibility index (Phi) is 2.65. The number of nitrogens with two attached hydrogens (primary N) is 1. The van der Waals surface area contributed by atoms with Gasteiger partial charge in [-0.3, -0.25) is 4.79 Å². The van der Waals surface area contributed by atoms with Crippen LogP contribution >= 0.6 is 0 Å². The summed E-state index contributed by atoms with van der Waals surface area (Å²) in [6.07, 6.45) is -1.31. The van der Waals surface area contributed by atoms with Crippen molar-refractivity contribution in [2.45, 2.75) is 38.0 Å². The standard InChI is InChI=1S/C11H17FN2O3/c1-4-7-6(12)3-11(8(4)7,10(16)17)14-9(15)5(2)13/h4-8H,3,13H2,1-2H3,(H,14,15)(H,16,17)/t4-,5-,6+,7+,8+,11-/m0/s1. The van der Waals surface area contributed by atoms with E-state index >= 15 is 0 Å². The number of nitrogens with one attached hydrogen (secondary N) is 1. The topological polar surface area (TPSA) is 92.4 Å². The highest BCUT2D eigenvalue weighted by Crippen LogP contribution is 2.63. The van der Waals surface area contributed by atoms with Gasteiger partial charge in [0.05, 0.1) is 6.04 Å². The van der Waals surface area contributed by atoms with Gasteiger partial charge < -0.3 is 16.2 Å². The van der Waals surface area contributed by atoms with Gasteiger partial charge in [0.1, 0.15) is 11.7 Å². The van der Waals surface area contributed by atoms with Crippen molar-refractivity contribution < 1.29 is 19.1 Å². The molecular weight excluding hydrogens is 227 g/mol. The Morgan fingerprint density at radius 3 is 2.53 bits per heavy atom. The fourth-order valence-electron chi connectivity index (χ4n) is 3.16. The largest absolute Gasteiger partial charge is 0.479 e. The maximum atomic E-state index is 13.7. The molecule has 6 atom stereocenters. The summed E-state index contributed by atoms with van der Waals surface area (Å²) >= 11 is 0. The van der Waals surface area contributed by atoms with Gasteiger partial charge in [0.25, 0.3) is 0 Å². The molecule has 2 saturated carbocycles. The van der Waals surface area contributed by atoms with E-state index in [9.17, 15) is 19.1 Å². The molecule has 0 bridgehead atoms. The van der Waals surface area contributed by atoms with Gasteiger partial charge in [0.15, 0.2) is 0 Å². The van der Waals surface area contributed by atoms with Gasteiger partial charge in [-0.1, -0.05) is 6.92 Å². The third-order valence-electron chi connectivity index (χ3n) is 4.09. The summed E-state index contributed by atoms with van der Waals surface area (Å²) in [6.45, 7) is 3.29. The van der Waals surface area contributed by atoms with Crippen molar-refractivity contribution in [2.75, 3.05) is 0 Å². The zero-order valence-electron chi connectivity index (χ0n) is 9.81. The summed E-state index contributed by atoms with van der Waals surface area (Å²) in [4.78, 5) is 23.0. The molecule has 0 aromatic heterocycles. The molecular formula is C11H17FN2O3. The van der Waals surface area contributed by atoms with Crippen LogP contribution in [0.4, 0.5) is 4.39 Å². The van der Waals surface area contributed by atoms with Crippen LogP contribution < -0.4 is 11.1 Å². The highest BCUT2D eigenvalue weighted by atomic mass is 19.1. The van der Waals surface area contributed by atoms with Crippen LogP contribution in [0.2, 0.25) is 0 Å². The maximum absolute atomic E-state index is 13.7. The van der Waals surface area contributed by atoms with Crippen LogP contribution in [0.1, 0.15) is 20.3 Å². The number of carbonyl (C=O) groups is 2. The molecule has 2 rings (SSSR count). The molecule has 0 spiro atoms. The minimum Gasteiger partial charge on any atom is -0.479 e. The number of rotatable bonds is 3. The van der Waals surface area contributed by atoms with Gasteiger partial charge in [-0.05, 0) is 18.8 Å². The molecule has 4 N–H and O–H groups in total. The van der Waals surface area contributed by atoms with Crippen LogP contribution in [0.25, 0.3) is 0 Å². The van der Waals surface area contributed by atoms with E-state index in [4.69, 9.17) is 5.73 Å². The van der Waals surface area contributed by atoms with E-state index in [0.29, 0.717) is 0 Å². The number of hydrogen-bond acceptors (Lipinski definition) is 3. The molecule has 0 saturated heterocycles. The fraction of sp³-hybridized carbons (Fsp3) is 0.818. The number of carboxylic acid groups (broad SMARTS) is 1. The normalized spacial score (nSPS) is 44.9. The highest BCUT2D eigenvalue weighted by molar-refractivity contribution is 5.90. The number of fused-ring (bicyclic) bond motifs is 1. The molecule has 6 heteroatoms. The van der Waals surface area contributed by atoms with Gasteiger partial charge >= 0.3 is 5.97 Å². The summed E-state index contributed by atoms with van der Waals surface area (Å²) in [5.41, 5.74) is 3.94. The predicted molar refractivity (Wildman–Crippen MR) is 57.8 cm³/mol. The minimum absolute atomic E-state index is 0.00299. The van der Waals surface area contributed by atoms with E-state index in [2.05, 4.69) is 5.32 Å². The molecule has 2 fully saturated rings. The zero-order valence-corrected chi connectivity index (χ0v) is 9.81. The fourth-order valence-corrected chi connectivity index (χ4v) is 3.16. The predicted octanol–water partition coefficient (Wildman–Crippen LogP) is -0.103. The second kappa shape index (κ2) is 3.66. The zero-order chi connectivity index (χ0) is 13.0. The van der Waals surface area contributed by atoms with Crippen LogP contribution in [-0.4, -0.2) is 34.7 Å². The first-order chi connectivity index (χ1) is 7.81. The number of carbonyl (C=O) groups excluding carboxylic acids is 1. The molecule has 2 aliphatic rings. The second-order valence-electron chi connectivity index (χ2n) is 5.24. The number of amides is 1. The van der Waals surface area contributed by atoms with Gasteiger partial charge in [0.2, 0.25) is 5.91 Å². The number of hydrogen-bond donors (Lipinski definition) is 3. The monoisotopic (exact) mass is 244 g/mol. The number of aliphatic carboxylic acids is 1. The van der Waals surface area contributed by atoms with Crippen LogP contribution in [0.15, 0.2) is 0 Å². The summed E-state index contributed by atoms with van der Waals surface area (Å²) in [5.74, 6) is -2.24. The molecule has 0 unspecified atom stereocenters. The molecule has 5 nitrogen and oxygen atoms in total. The number of carboxylic acids is 1. The maximum Gasteiger partial charge on any atom is 0.329 e. The Balaban J connectivity index is 2.23. The molecule has 0 aliphatic heterocycles. The Labute approximate surface area is 98.5 Å². The molecule has 0 heterocycles. The van der Waals surface area contributed by atoms with E-state index < -0.39 is 29.6 Å². The summed E-state index contributed by atoms with van der Waals surface area (Å²) < 4.78 is 13.7. The first-order valence-electron chi connectivity index (χ1n) is 5.76. The summed E-state index contributed by atoms with van der Waals surface area (Å²) in [6, 6.07) is -0.794. The molecule has 1 amide bonds. The highest BCUT2D eigenvalue weighted by Gasteiger charge is 2.72. The molecule has 0 radical (unpaired) electrons. The molecule has 0 aromatic rings. The van der Waals surface area contributed by atoms with Crippen molar-refractivity contribution in [2.24, 2.45) is 23.5 Å². The molecule has 17 heavy (non-hydrogen) atoms. The lowest BCUT2D eigenvalue weighted by atomic mass is 9.90. The quantitative estimate of drug-likeness (QED) is 0.646. The minimum atomic E-state index is -1.46. The van der Waals surface area contributed by atoms with Crippen LogP contribution in [0, 0.1) is 17.8 Å². The van der Waals surface area contributed by atoms with Crippen LogP contribution in [0.3, 0.4) is 0 Å². The van der Waals surface area contributed by atoms with Gasteiger partial charge in [-0.2, -0.15) is 0 Å².